The van der Waals surface area contributed by atoms with Gasteiger partial charge in [-0.3, -0.25) is 9.59 Å². The SMILES string of the molecule is Cc1ccc(NC(=O)[C@H]2CC(=O)N(C(C)(C)C)C2)cc1S(=O)(=O)N1CCCC1. The Bertz CT molecular complexity index is 883. The van der Waals surface area contributed by atoms with E-state index in [2.05, 4.69) is 5.32 Å². The molecule has 2 aliphatic rings. The Hall–Kier alpha value is -1.93. The van der Waals surface area contributed by atoms with E-state index in [1.54, 1.807) is 24.0 Å². The van der Waals surface area contributed by atoms with E-state index in [9.17, 15) is 18.0 Å². The molecule has 154 valence electrons. The minimum absolute atomic E-state index is 0.0335. The number of nitrogens with one attached hydrogen (secondary N) is 1. The van der Waals surface area contributed by atoms with Crippen LogP contribution in [0.4, 0.5) is 5.69 Å². The van der Waals surface area contributed by atoms with Gasteiger partial charge in [-0.1, -0.05) is 6.07 Å². The highest BCUT2D eigenvalue weighted by Crippen LogP contribution is 2.29. The summed E-state index contributed by atoms with van der Waals surface area (Å²) in [7, 11) is -3.56. The molecule has 0 aliphatic carbocycles. The van der Waals surface area contributed by atoms with E-state index in [1.807, 2.05) is 20.8 Å². The van der Waals surface area contributed by atoms with Crippen molar-refractivity contribution < 1.29 is 18.0 Å². The number of hydrogen-bond donors (Lipinski definition) is 1. The van der Waals surface area contributed by atoms with E-state index in [4.69, 9.17) is 0 Å². The van der Waals surface area contributed by atoms with Crippen molar-refractivity contribution in [2.24, 2.45) is 5.92 Å². The van der Waals surface area contributed by atoms with E-state index in [0.29, 0.717) is 30.9 Å². The zero-order chi connectivity index (χ0) is 20.7. The third-order valence-electron chi connectivity index (χ3n) is 5.44. The molecule has 0 saturated carbocycles. The maximum absolute atomic E-state index is 12.9. The van der Waals surface area contributed by atoms with Gasteiger partial charge in [0.05, 0.1) is 10.8 Å². The van der Waals surface area contributed by atoms with Crippen molar-refractivity contribution in [3.8, 4) is 0 Å². The van der Waals surface area contributed by atoms with Crippen molar-refractivity contribution >= 4 is 27.5 Å². The molecule has 1 atom stereocenters. The smallest absolute Gasteiger partial charge is 0.243 e. The van der Waals surface area contributed by atoms with E-state index >= 15 is 0 Å². The van der Waals surface area contributed by atoms with Crippen molar-refractivity contribution in [2.45, 2.75) is 57.4 Å². The maximum Gasteiger partial charge on any atom is 0.243 e. The van der Waals surface area contributed by atoms with Crippen LogP contribution in [0.15, 0.2) is 23.1 Å². The maximum atomic E-state index is 12.9. The summed E-state index contributed by atoms with van der Waals surface area (Å²) in [6.45, 7) is 9.03. The Kier molecular flexibility index (Phi) is 5.55. The molecule has 0 aromatic heterocycles. The Morgan fingerprint density at radius 3 is 2.39 bits per heavy atom. The predicted molar refractivity (Wildman–Crippen MR) is 107 cm³/mol. The van der Waals surface area contributed by atoms with Crippen molar-refractivity contribution in [3.63, 3.8) is 0 Å². The highest BCUT2D eigenvalue weighted by atomic mass is 32.2. The van der Waals surface area contributed by atoms with Crippen LogP contribution < -0.4 is 5.32 Å². The quantitative estimate of drug-likeness (QED) is 0.830. The van der Waals surface area contributed by atoms with Crippen molar-refractivity contribution in [1.82, 2.24) is 9.21 Å². The Balaban J connectivity index is 1.77. The van der Waals surface area contributed by atoms with Gasteiger partial charge in [0, 0.05) is 37.3 Å². The minimum Gasteiger partial charge on any atom is -0.337 e. The first-order chi connectivity index (χ1) is 13.0. The lowest BCUT2D eigenvalue weighted by Crippen LogP contribution is -2.42. The highest BCUT2D eigenvalue weighted by Gasteiger charge is 2.39. The average molecular weight is 408 g/mol. The van der Waals surface area contributed by atoms with Gasteiger partial charge < -0.3 is 10.2 Å². The number of carbonyl (C=O) groups excluding carboxylic acids is 2. The van der Waals surface area contributed by atoms with Crippen LogP contribution in [0.5, 0.6) is 0 Å². The summed E-state index contributed by atoms with van der Waals surface area (Å²) in [5, 5.41) is 2.81. The summed E-state index contributed by atoms with van der Waals surface area (Å²) in [6, 6.07) is 4.94. The number of anilines is 1. The summed E-state index contributed by atoms with van der Waals surface area (Å²) in [5.74, 6) is -0.728. The molecule has 1 N–H and O–H groups in total. The van der Waals surface area contributed by atoms with Crippen LogP contribution >= 0.6 is 0 Å². The van der Waals surface area contributed by atoms with Gasteiger partial charge in [-0.05, 0) is 58.2 Å². The molecule has 0 unspecified atom stereocenters. The molecule has 1 aromatic carbocycles. The monoisotopic (exact) mass is 407 g/mol. The molecule has 2 aliphatic heterocycles. The molecule has 1 aromatic rings. The molecule has 0 radical (unpaired) electrons. The van der Waals surface area contributed by atoms with Crippen LogP contribution in [0, 0.1) is 12.8 Å². The predicted octanol–water partition coefficient (Wildman–Crippen LogP) is 2.37. The third kappa shape index (κ3) is 4.07. The first-order valence-corrected chi connectivity index (χ1v) is 11.2. The Morgan fingerprint density at radius 1 is 1.18 bits per heavy atom. The summed E-state index contributed by atoms with van der Waals surface area (Å²) in [6.07, 6.45) is 1.91. The topological polar surface area (TPSA) is 86.8 Å². The largest absolute Gasteiger partial charge is 0.337 e. The molecule has 7 nitrogen and oxygen atoms in total. The second-order valence-corrected chi connectivity index (χ2v) is 10.6. The molecule has 8 heteroatoms. The highest BCUT2D eigenvalue weighted by molar-refractivity contribution is 7.89. The zero-order valence-electron chi connectivity index (χ0n) is 17.0. The van der Waals surface area contributed by atoms with Crippen LogP contribution in [0.25, 0.3) is 0 Å². The number of nitrogens with zero attached hydrogens (tertiary/aromatic N) is 2. The van der Waals surface area contributed by atoms with Gasteiger partial charge in [0.1, 0.15) is 0 Å². The number of rotatable bonds is 4. The van der Waals surface area contributed by atoms with Gasteiger partial charge in [-0.25, -0.2) is 8.42 Å². The van der Waals surface area contributed by atoms with Crippen molar-refractivity contribution in [3.05, 3.63) is 23.8 Å². The van der Waals surface area contributed by atoms with Gasteiger partial charge in [-0.15, -0.1) is 0 Å². The molecule has 28 heavy (non-hydrogen) atoms. The van der Waals surface area contributed by atoms with Gasteiger partial charge >= 0.3 is 0 Å². The number of likely N-dealkylation sites (tertiary alicyclic amines) is 1. The van der Waals surface area contributed by atoms with E-state index in [0.717, 1.165) is 12.8 Å². The first kappa shape index (κ1) is 20.8. The summed E-state index contributed by atoms with van der Waals surface area (Å²) < 4.78 is 27.3. The molecule has 2 saturated heterocycles. The summed E-state index contributed by atoms with van der Waals surface area (Å²) in [4.78, 5) is 26.9. The fraction of sp³-hybridized carbons (Fsp3) is 0.600. The standard InChI is InChI=1S/C20H29N3O4S/c1-14-7-8-16(12-17(14)28(26,27)22-9-5-6-10-22)21-19(25)15-11-18(24)23(13-15)20(2,3)4/h7-8,12,15H,5-6,9-11,13H2,1-4H3,(H,21,25)/t15-/m0/s1. The Labute approximate surface area is 167 Å². The molecule has 0 bridgehead atoms. The number of aryl methyl sites for hydroxylation is 1. The molecule has 3 rings (SSSR count). The second-order valence-electron chi connectivity index (χ2n) is 8.66. The number of hydrogen-bond acceptors (Lipinski definition) is 4. The number of sulfonamides is 1. The van der Waals surface area contributed by atoms with Crippen molar-refractivity contribution in [2.75, 3.05) is 25.0 Å². The average Bonchev–Trinajstić information content (AvgIpc) is 3.25. The van der Waals surface area contributed by atoms with Gasteiger partial charge in [0.2, 0.25) is 21.8 Å². The lowest BCUT2D eigenvalue weighted by atomic mass is 10.1. The van der Waals surface area contributed by atoms with Gasteiger partial charge in [0.25, 0.3) is 0 Å². The zero-order valence-corrected chi connectivity index (χ0v) is 17.8. The van der Waals surface area contributed by atoms with Crippen LogP contribution in [0.1, 0.15) is 45.6 Å². The molecule has 2 heterocycles. The van der Waals surface area contributed by atoms with Gasteiger partial charge in [0.15, 0.2) is 0 Å². The second kappa shape index (κ2) is 7.48. The van der Waals surface area contributed by atoms with Gasteiger partial charge in [-0.2, -0.15) is 4.31 Å². The molecule has 2 amide bonds. The molecular weight excluding hydrogens is 378 g/mol. The fourth-order valence-corrected chi connectivity index (χ4v) is 5.57. The van der Waals surface area contributed by atoms with Crippen molar-refractivity contribution in [1.29, 1.82) is 0 Å². The number of benzene rings is 1. The summed E-state index contributed by atoms with van der Waals surface area (Å²) in [5.41, 5.74) is 0.766. The minimum atomic E-state index is -3.56. The van der Waals surface area contributed by atoms with E-state index in [-0.39, 0.29) is 28.7 Å². The molecule has 0 spiro atoms. The lowest BCUT2D eigenvalue weighted by molar-refractivity contribution is -0.131. The number of amides is 2. The summed E-state index contributed by atoms with van der Waals surface area (Å²) >= 11 is 0. The van der Waals surface area contributed by atoms with Crippen LogP contribution in [0.3, 0.4) is 0 Å². The first-order valence-electron chi connectivity index (χ1n) is 9.72. The third-order valence-corrected chi connectivity index (χ3v) is 7.48. The van der Waals surface area contributed by atoms with E-state index < -0.39 is 15.9 Å². The van der Waals surface area contributed by atoms with E-state index in [1.165, 1.54) is 10.4 Å². The molecular formula is C20H29N3O4S. The fourth-order valence-electron chi connectivity index (χ4n) is 3.80. The Morgan fingerprint density at radius 2 is 1.82 bits per heavy atom. The normalized spacial score (nSPS) is 21.4. The number of carbonyl (C=O) groups is 2. The molecule has 2 fully saturated rings. The van der Waals surface area contributed by atoms with Crippen LogP contribution in [-0.4, -0.2) is 54.6 Å². The lowest BCUT2D eigenvalue weighted by Gasteiger charge is -2.31. The van der Waals surface area contributed by atoms with Crippen LogP contribution in [0.2, 0.25) is 0 Å². The van der Waals surface area contributed by atoms with Crippen LogP contribution in [-0.2, 0) is 19.6 Å².